The standard InChI is InChI=1S/C25H28F4O2S/c1-3-5-11-32-19-13-18-21(25(29)23(19)27)20-17(31-18)12-16(22(26)24(20)28)14-6-8-15(9-7-14)30-10-4-2/h12-15H,3-11H2,1-2H3. The minimum atomic E-state index is -1.19. The lowest BCUT2D eigenvalue weighted by Gasteiger charge is -2.29. The lowest BCUT2D eigenvalue weighted by Crippen LogP contribution is -2.21. The smallest absolute Gasteiger partial charge is 0.173 e. The first kappa shape index (κ1) is 23.4. The molecule has 174 valence electrons. The van der Waals surface area contributed by atoms with E-state index in [1.807, 2.05) is 13.8 Å². The Kier molecular flexibility index (Phi) is 7.35. The van der Waals surface area contributed by atoms with Crippen molar-refractivity contribution in [2.75, 3.05) is 12.4 Å². The summed E-state index contributed by atoms with van der Waals surface area (Å²) in [5.41, 5.74) is 0.318. The van der Waals surface area contributed by atoms with Crippen LogP contribution in [0.15, 0.2) is 21.4 Å². The third-order valence-corrected chi connectivity index (χ3v) is 7.33. The maximum Gasteiger partial charge on any atom is 0.173 e. The third-order valence-electron chi connectivity index (χ3n) is 6.23. The van der Waals surface area contributed by atoms with Crippen molar-refractivity contribution in [2.45, 2.75) is 75.7 Å². The van der Waals surface area contributed by atoms with Crippen LogP contribution in [-0.4, -0.2) is 18.5 Å². The van der Waals surface area contributed by atoms with Crippen LogP contribution in [0.4, 0.5) is 17.6 Å². The van der Waals surface area contributed by atoms with Crippen LogP contribution in [0.1, 0.15) is 70.3 Å². The van der Waals surface area contributed by atoms with Crippen LogP contribution >= 0.6 is 11.8 Å². The van der Waals surface area contributed by atoms with Crippen LogP contribution in [0.5, 0.6) is 0 Å². The molecule has 4 rings (SSSR count). The normalized spacial score (nSPS) is 19.3. The van der Waals surface area contributed by atoms with Crippen LogP contribution in [0.2, 0.25) is 0 Å². The average Bonchev–Trinajstić information content (AvgIpc) is 3.17. The highest BCUT2D eigenvalue weighted by Crippen LogP contribution is 2.42. The fourth-order valence-electron chi connectivity index (χ4n) is 4.50. The van der Waals surface area contributed by atoms with E-state index in [9.17, 15) is 8.78 Å². The Morgan fingerprint density at radius 2 is 1.53 bits per heavy atom. The Hall–Kier alpha value is -1.73. The molecule has 1 aliphatic carbocycles. The molecule has 1 saturated carbocycles. The quantitative estimate of drug-likeness (QED) is 0.188. The van der Waals surface area contributed by atoms with Gasteiger partial charge >= 0.3 is 0 Å². The molecule has 1 aromatic heterocycles. The molecule has 7 heteroatoms. The lowest BCUT2D eigenvalue weighted by atomic mass is 9.82. The highest BCUT2D eigenvalue weighted by atomic mass is 32.2. The summed E-state index contributed by atoms with van der Waals surface area (Å²) in [6.45, 7) is 4.76. The fourth-order valence-corrected chi connectivity index (χ4v) is 5.56. The lowest BCUT2D eigenvalue weighted by molar-refractivity contribution is 0.0249. The van der Waals surface area contributed by atoms with Gasteiger partial charge in [0.1, 0.15) is 11.2 Å². The molecule has 0 unspecified atom stereocenters. The number of furan rings is 1. The first-order valence-electron chi connectivity index (χ1n) is 11.4. The Labute approximate surface area is 189 Å². The van der Waals surface area contributed by atoms with Crippen LogP contribution in [0.25, 0.3) is 21.9 Å². The average molecular weight is 469 g/mol. The summed E-state index contributed by atoms with van der Waals surface area (Å²) < 4.78 is 71.2. The number of ether oxygens (including phenoxy) is 1. The number of thioether (sulfide) groups is 1. The van der Waals surface area contributed by atoms with E-state index < -0.39 is 23.3 Å². The molecule has 3 aromatic rings. The van der Waals surface area contributed by atoms with Gasteiger partial charge in [0.15, 0.2) is 23.3 Å². The summed E-state index contributed by atoms with van der Waals surface area (Å²) in [6.07, 6.45) is 5.80. The van der Waals surface area contributed by atoms with E-state index in [-0.39, 0.29) is 44.4 Å². The number of halogens is 4. The maximum absolute atomic E-state index is 15.1. The van der Waals surface area contributed by atoms with E-state index in [0.29, 0.717) is 25.2 Å². The van der Waals surface area contributed by atoms with Crippen LogP contribution < -0.4 is 0 Å². The number of hydrogen-bond acceptors (Lipinski definition) is 3. The van der Waals surface area contributed by atoms with Crippen LogP contribution in [-0.2, 0) is 4.74 Å². The second kappa shape index (κ2) is 10.0. The molecule has 0 atom stereocenters. The summed E-state index contributed by atoms with van der Waals surface area (Å²) in [6, 6.07) is 2.86. The highest BCUT2D eigenvalue weighted by Gasteiger charge is 2.30. The maximum atomic E-state index is 15.1. The second-order valence-electron chi connectivity index (χ2n) is 8.49. The fraction of sp³-hybridized carbons (Fsp3) is 0.520. The molecule has 0 N–H and O–H groups in total. The van der Waals surface area contributed by atoms with Gasteiger partial charge in [-0.05, 0) is 67.9 Å². The van der Waals surface area contributed by atoms with Gasteiger partial charge < -0.3 is 9.15 Å². The van der Waals surface area contributed by atoms with Gasteiger partial charge in [-0.1, -0.05) is 20.3 Å². The summed E-state index contributed by atoms with van der Waals surface area (Å²) in [4.78, 5) is 0.119. The van der Waals surface area contributed by atoms with Crippen molar-refractivity contribution >= 4 is 33.7 Å². The van der Waals surface area contributed by atoms with Gasteiger partial charge in [-0.3, -0.25) is 0 Å². The molecule has 1 heterocycles. The molecular weight excluding hydrogens is 440 g/mol. The van der Waals surface area contributed by atoms with Crippen molar-refractivity contribution in [1.29, 1.82) is 0 Å². The van der Waals surface area contributed by atoms with E-state index in [2.05, 4.69) is 0 Å². The Morgan fingerprint density at radius 3 is 2.19 bits per heavy atom. The molecule has 1 aliphatic rings. The minimum absolute atomic E-state index is 0.0324. The number of benzene rings is 2. The topological polar surface area (TPSA) is 22.4 Å². The summed E-state index contributed by atoms with van der Waals surface area (Å²) in [5.74, 6) is -3.94. The van der Waals surface area contributed by atoms with Crippen LogP contribution in [0.3, 0.4) is 0 Å². The summed E-state index contributed by atoms with van der Waals surface area (Å²) in [7, 11) is 0. The largest absolute Gasteiger partial charge is 0.456 e. The van der Waals surface area contributed by atoms with Crippen molar-refractivity contribution in [1.82, 2.24) is 0 Å². The molecule has 2 nitrogen and oxygen atoms in total. The van der Waals surface area contributed by atoms with E-state index in [1.165, 1.54) is 23.9 Å². The molecule has 0 saturated heterocycles. The summed E-state index contributed by atoms with van der Waals surface area (Å²) >= 11 is 1.19. The van der Waals surface area contributed by atoms with Crippen molar-refractivity contribution in [3.63, 3.8) is 0 Å². The van der Waals surface area contributed by atoms with Gasteiger partial charge in [0.05, 0.1) is 16.9 Å². The molecular formula is C25H28F4O2S. The van der Waals surface area contributed by atoms with Gasteiger partial charge in [0.2, 0.25) is 0 Å². The first-order valence-corrected chi connectivity index (χ1v) is 12.4. The van der Waals surface area contributed by atoms with Crippen molar-refractivity contribution < 1.29 is 26.7 Å². The van der Waals surface area contributed by atoms with Crippen molar-refractivity contribution in [3.8, 4) is 0 Å². The third kappa shape index (κ3) is 4.38. The SMILES string of the molecule is CCCCSc1cc2oc3cc(C4CCC(OCCC)CC4)c(F)c(F)c3c2c(F)c1F. The zero-order chi connectivity index (χ0) is 22.8. The molecule has 0 spiro atoms. The molecule has 0 aliphatic heterocycles. The zero-order valence-corrected chi connectivity index (χ0v) is 19.2. The predicted octanol–water partition coefficient (Wildman–Crippen LogP) is 8.49. The van der Waals surface area contributed by atoms with Gasteiger partial charge in [0, 0.05) is 11.5 Å². The van der Waals surface area contributed by atoms with Gasteiger partial charge in [0.25, 0.3) is 0 Å². The zero-order valence-electron chi connectivity index (χ0n) is 18.4. The molecule has 0 radical (unpaired) electrons. The number of rotatable bonds is 8. The predicted molar refractivity (Wildman–Crippen MR) is 120 cm³/mol. The Balaban J connectivity index is 1.70. The minimum Gasteiger partial charge on any atom is -0.456 e. The first-order chi connectivity index (χ1) is 15.5. The molecule has 0 amide bonds. The van der Waals surface area contributed by atoms with Gasteiger partial charge in [-0.15, -0.1) is 11.8 Å². The van der Waals surface area contributed by atoms with Gasteiger partial charge in [-0.25, -0.2) is 17.6 Å². The van der Waals surface area contributed by atoms with Crippen molar-refractivity contribution in [2.24, 2.45) is 0 Å². The number of unbranched alkanes of at least 4 members (excludes halogenated alkanes) is 1. The molecule has 1 fully saturated rings. The number of hydrogen-bond donors (Lipinski definition) is 0. The molecule has 2 aromatic carbocycles. The molecule has 0 bridgehead atoms. The van der Waals surface area contributed by atoms with Crippen molar-refractivity contribution in [3.05, 3.63) is 41.0 Å². The Morgan fingerprint density at radius 1 is 0.875 bits per heavy atom. The van der Waals surface area contributed by atoms with E-state index in [1.54, 1.807) is 0 Å². The van der Waals surface area contributed by atoms with E-state index in [0.717, 1.165) is 32.1 Å². The van der Waals surface area contributed by atoms with E-state index >= 15 is 8.78 Å². The van der Waals surface area contributed by atoms with E-state index in [4.69, 9.17) is 9.15 Å². The summed E-state index contributed by atoms with van der Waals surface area (Å²) in [5, 5.41) is -0.667. The highest BCUT2D eigenvalue weighted by molar-refractivity contribution is 7.99. The number of fused-ring (bicyclic) bond motifs is 3. The van der Waals surface area contributed by atoms with Gasteiger partial charge in [-0.2, -0.15) is 0 Å². The monoisotopic (exact) mass is 468 g/mol. The molecule has 32 heavy (non-hydrogen) atoms. The second-order valence-corrected chi connectivity index (χ2v) is 9.63. The Bertz CT molecular complexity index is 1100. The van der Waals surface area contributed by atoms with Crippen LogP contribution in [0, 0.1) is 23.3 Å².